The molecule has 3 rings (SSSR count). The van der Waals surface area contributed by atoms with Gasteiger partial charge in [-0.05, 0) is 62.3 Å². The maximum absolute atomic E-state index is 12.6. The Morgan fingerprint density at radius 2 is 2.00 bits per heavy atom. The van der Waals surface area contributed by atoms with Crippen LogP contribution < -0.4 is 15.4 Å². The van der Waals surface area contributed by atoms with Gasteiger partial charge in [-0.15, -0.1) is 0 Å². The van der Waals surface area contributed by atoms with E-state index in [2.05, 4.69) is 10.6 Å². The number of aryl methyl sites for hydroxylation is 1. The van der Waals surface area contributed by atoms with Gasteiger partial charge in [0, 0.05) is 19.5 Å². The minimum absolute atomic E-state index is 0.0130. The summed E-state index contributed by atoms with van der Waals surface area (Å²) >= 11 is 6.19. The van der Waals surface area contributed by atoms with Crippen LogP contribution in [0.25, 0.3) is 0 Å². The van der Waals surface area contributed by atoms with E-state index in [0.717, 1.165) is 18.4 Å². The highest BCUT2D eigenvalue weighted by atomic mass is 35.5. The van der Waals surface area contributed by atoms with Gasteiger partial charge in [0.05, 0.1) is 12.1 Å². The number of methoxy groups -OCH3 is 1. The van der Waals surface area contributed by atoms with Crippen molar-refractivity contribution in [2.24, 2.45) is 0 Å². The second-order valence-electron chi connectivity index (χ2n) is 7.74. The summed E-state index contributed by atoms with van der Waals surface area (Å²) in [6, 6.07) is 3.42. The molecule has 0 aliphatic carbocycles. The molecule has 28 heavy (non-hydrogen) atoms. The Morgan fingerprint density at radius 3 is 2.57 bits per heavy atom. The third kappa shape index (κ3) is 4.09. The number of nitrogens with one attached hydrogen (secondary N) is 2. The van der Waals surface area contributed by atoms with E-state index in [4.69, 9.17) is 16.3 Å². The number of halogens is 1. The van der Waals surface area contributed by atoms with Crippen molar-refractivity contribution in [2.45, 2.75) is 51.0 Å². The zero-order valence-electron chi connectivity index (χ0n) is 16.4. The van der Waals surface area contributed by atoms with E-state index in [1.54, 1.807) is 14.0 Å². The smallest absolute Gasteiger partial charge is 0.322 e. The van der Waals surface area contributed by atoms with Crippen LogP contribution in [-0.4, -0.2) is 48.5 Å². The predicted octanol–water partition coefficient (Wildman–Crippen LogP) is 2.74. The monoisotopic (exact) mass is 407 g/mol. The Morgan fingerprint density at radius 1 is 1.32 bits per heavy atom. The molecule has 1 aromatic carbocycles. The minimum atomic E-state index is -1.01. The second kappa shape index (κ2) is 7.99. The summed E-state index contributed by atoms with van der Waals surface area (Å²) in [5.41, 5.74) is 1.33. The number of rotatable bonds is 5. The van der Waals surface area contributed by atoms with Crippen LogP contribution in [0.1, 0.15) is 49.7 Å². The molecule has 0 saturated carbocycles. The molecule has 0 bridgehead atoms. The SMILES string of the molecule is COc1cc(C2CCN(C(=O)CCC3(C)NC(=O)NC3=O)CC2)c(C)cc1Cl. The van der Waals surface area contributed by atoms with Crippen LogP contribution >= 0.6 is 11.6 Å². The van der Waals surface area contributed by atoms with Crippen LogP contribution in [0.3, 0.4) is 0 Å². The lowest BCUT2D eigenvalue weighted by Gasteiger charge is -2.33. The van der Waals surface area contributed by atoms with Crippen molar-refractivity contribution in [3.05, 3.63) is 28.3 Å². The van der Waals surface area contributed by atoms with E-state index in [1.807, 2.05) is 24.0 Å². The van der Waals surface area contributed by atoms with Gasteiger partial charge in [-0.1, -0.05) is 11.6 Å². The number of hydrogen-bond acceptors (Lipinski definition) is 4. The minimum Gasteiger partial charge on any atom is -0.495 e. The van der Waals surface area contributed by atoms with E-state index >= 15 is 0 Å². The van der Waals surface area contributed by atoms with E-state index in [9.17, 15) is 14.4 Å². The topological polar surface area (TPSA) is 87.7 Å². The first-order valence-electron chi connectivity index (χ1n) is 9.49. The first kappa shape index (κ1) is 20.5. The number of nitrogens with zero attached hydrogens (tertiary/aromatic N) is 1. The molecule has 2 aliphatic rings. The van der Waals surface area contributed by atoms with Gasteiger partial charge in [-0.2, -0.15) is 0 Å². The Balaban J connectivity index is 1.56. The fraction of sp³-hybridized carbons (Fsp3) is 0.550. The van der Waals surface area contributed by atoms with E-state index in [0.29, 0.717) is 29.8 Å². The molecule has 0 radical (unpaired) electrons. The Kier molecular flexibility index (Phi) is 5.84. The van der Waals surface area contributed by atoms with Gasteiger partial charge in [0.15, 0.2) is 0 Å². The second-order valence-corrected chi connectivity index (χ2v) is 8.15. The molecule has 2 N–H and O–H groups in total. The van der Waals surface area contributed by atoms with Gasteiger partial charge in [-0.3, -0.25) is 14.9 Å². The number of imide groups is 1. The van der Waals surface area contributed by atoms with Crippen LogP contribution in [0.2, 0.25) is 5.02 Å². The molecular weight excluding hydrogens is 382 g/mol. The Hall–Kier alpha value is -2.28. The summed E-state index contributed by atoms with van der Waals surface area (Å²) in [4.78, 5) is 37.6. The highest BCUT2D eigenvalue weighted by Gasteiger charge is 2.42. The number of amides is 4. The maximum atomic E-state index is 12.6. The lowest BCUT2D eigenvalue weighted by molar-refractivity contribution is -0.133. The summed E-state index contributed by atoms with van der Waals surface area (Å²) in [5.74, 6) is 0.661. The average molecular weight is 408 g/mol. The summed E-state index contributed by atoms with van der Waals surface area (Å²) < 4.78 is 5.34. The lowest BCUT2D eigenvalue weighted by Crippen LogP contribution is -2.45. The largest absolute Gasteiger partial charge is 0.495 e. The lowest BCUT2D eigenvalue weighted by atomic mass is 9.86. The van der Waals surface area contributed by atoms with Crippen LogP contribution in [0.5, 0.6) is 5.75 Å². The van der Waals surface area contributed by atoms with E-state index in [1.165, 1.54) is 5.56 Å². The molecule has 2 heterocycles. The van der Waals surface area contributed by atoms with Crippen molar-refractivity contribution < 1.29 is 19.1 Å². The average Bonchev–Trinajstić information content (AvgIpc) is 2.92. The molecule has 7 nitrogen and oxygen atoms in total. The standard InChI is InChI=1S/C20H26ClN3O4/c1-12-10-15(21)16(28-3)11-14(12)13-5-8-24(9-6-13)17(25)4-7-20(2)18(26)22-19(27)23-20/h10-11,13H,4-9H2,1-3H3,(H2,22,23,26,27). The van der Waals surface area contributed by atoms with Crippen LogP contribution in [0.15, 0.2) is 12.1 Å². The number of ether oxygens (including phenoxy) is 1. The number of carbonyl (C=O) groups is 3. The third-order valence-electron chi connectivity index (χ3n) is 5.78. The zero-order chi connectivity index (χ0) is 20.5. The quantitative estimate of drug-likeness (QED) is 0.734. The van der Waals surface area contributed by atoms with E-state index < -0.39 is 11.6 Å². The fourth-order valence-corrected chi connectivity index (χ4v) is 4.27. The van der Waals surface area contributed by atoms with Crippen molar-refractivity contribution in [1.29, 1.82) is 0 Å². The Bertz CT molecular complexity index is 805. The molecule has 8 heteroatoms. The number of likely N-dealkylation sites (tertiary alicyclic amines) is 1. The molecule has 0 spiro atoms. The van der Waals surface area contributed by atoms with Crippen LogP contribution in [0.4, 0.5) is 4.79 Å². The summed E-state index contributed by atoms with van der Waals surface area (Å²) in [5, 5.41) is 5.42. The molecular formula is C20H26ClN3O4. The van der Waals surface area contributed by atoms with Gasteiger partial charge < -0.3 is 15.0 Å². The number of carbonyl (C=O) groups excluding carboxylic acids is 3. The first-order chi connectivity index (χ1) is 13.2. The van der Waals surface area contributed by atoms with Gasteiger partial charge in [-0.25, -0.2) is 4.79 Å². The summed E-state index contributed by atoms with van der Waals surface area (Å²) in [6.07, 6.45) is 2.25. The zero-order valence-corrected chi connectivity index (χ0v) is 17.2. The Labute approximate surface area is 169 Å². The maximum Gasteiger partial charge on any atom is 0.322 e. The van der Waals surface area contributed by atoms with Crippen LogP contribution in [0, 0.1) is 6.92 Å². The molecule has 2 fully saturated rings. The molecule has 4 amide bonds. The van der Waals surface area contributed by atoms with Gasteiger partial charge in [0.2, 0.25) is 5.91 Å². The normalized spacial score (nSPS) is 22.8. The molecule has 2 aliphatic heterocycles. The molecule has 0 aromatic heterocycles. The number of piperidine rings is 1. The van der Waals surface area contributed by atoms with Crippen molar-refractivity contribution in [1.82, 2.24) is 15.5 Å². The summed E-state index contributed by atoms with van der Waals surface area (Å²) in [7, 11) is 1.61. The van der Waals surface area contributed by atoms with Crippen molar-refractivity contribution in [2.75, 3.05) is 20.2 Å². The molecule has 1 aromatic rings. The highest BCUT2D eigenvalue weighted by molar-refractivity contribution is 6.32. The predicted molar refractivity (Wildman–Crippen MR) is 106 cm³/mol. The van der Waals surface area contributed by atoms with Gasteiger partial charge in [0.25, 0.3) is 5.91 Å². The first-order valence-corrected chi connectivity index (χ1v) is 9.86. The number of urea groups is 1. The van der Waals surface area contributed by atoms with Gasteiger partial charge in [0.1, 0.15) is 11.3 Å². The van der Waals surface area contributed by atoms with Crippen molar-refractivity contribution in [3.8, 4) is 5.75 Å². The molecule has 1 unspecified atom stereocenters. The highest BCUT2D eigenvalue weighted by Crippen LogP contribution is 2.36. The van der Waals surface area contributed by atoms with E-state index in [-0.39, 0.29) is 24.7 Å². The third-order valence-corrected chi connectivity index (χ3v) is 6.08. The van der Waals surface area contributed by atoms with Crippen LogP contribution in [-0.2, 0) is 9.59 Å². The van der Waals surface area contributed by atoms with Gasteiger partial charge >= 0.3 is 6.03 Å². The number of benzene rings is 1. The van der Waals surface area contributed by atoms with Crippen molar-refractivity contribution in [3.63, 3.8) is 0 Å². The number of hydrogen-bond donors (Lipinski definition) is 2. The summed E-state index contributed by atoms with van der Waals surface area (Å²) in [6.45, 7) is 5.02. The van der Waals surface area contributed by atoms with Crippen molar-refractivity contribution >= 4 is 29.4 Å². The molecule has 152 valence electrons. The molecule has 1 atom stereocenters. The molecule has 2 saturated heterocycles. The fourth-order valence-electron chi connectivity index (χ4n) is 3.98.